The Labute approximate surface area is 142 Å². The summed E-state index contributed by atoms with van der Waals surface area (Å²) in [6.45, 7) is 0.668. The molecule has 1 amide bonds. The van der Waals surface area contributed by atoms with Gasteiger partial charge in [0.05, 0.1) is 6.04 Å². The number of carbonyl (C=O) groups excluding carboxylic acids is 1. The Hall–Kier alpha value is -2.00. The van der Waals surface area contributed by atoms with Crippen molar-refractivity contribution in [3.8, 4) is 0 Å². The zero-order valence-electron chi connectivity index (χ0n) is 14.0. The molecule has 1 aromatic heterocycles. The summed E-state index contributed by atoms with van der Waals surface area (Å²) in [4.78, 5) is 25.7. The van der Waals surface area contributed by atoms with Crippen LogP contribution in [0.2, 0.25) is 0 Å². The molecule has 3 rings (SSSR count). The van der Waals surface area contributed by atoms with E-state index in [9.17, 15) is 22.8 Å². The van der Waals surface area contributed by atoms with E-state index in [1.54, 1.807) is 4.90 Å². The molecule has 0 N–H and O–H groups in total. The molecule has 2 aliphatic rings. The number of ether oxygens (including phenoxy) is 1. The topological polar surface area (TPSA) is 69.4 Å². The first-order valence-electron chi connectivity index (χ1n) is 8.45. The average molecular weight is 362 g/mol. The monoisotopic (exact) mass is 362 g/mol. The van der Waals surface area contributed by atoms with E-state index in [0.717, 1.165) is 37.4 Å². The Kier molecular flexibility index (Phi) is 4.79. The van der Waals surface area contributed by atoms with E-state index in [4.69, 9.17) is 4.74 Å². The number of amides is 1. The Morgan fingerprint density at radius 2 is 1.76 bits per heavy atom. The van der Waals surface area contributed by atoms with Gasteiger partial charge in [0.15, 0.2) is 0 Å². The van der Waals surface area contributed by atoms with Crippen molar-refractivity contribution >= 4 is 6.09 Å². The largest absolute Gasteiger partial charge is 0.451 e. The van der Waals surface area contributed by atoms with Crippen LogP contribution in [0.3, 0.4) is 0 Å². The van der Waals surface area contributed by atoms with Crippen molar-refractivity contribution in [2.75, 3.05) is 13.1 Å². The summed E-state index contributed by atoms with van der Waals surface area (Å²) in [5, 5.41) is 3.46. The molecule has 2 heterocycles. The van der Waals surface area contributed by atoms with E-state index >= 15 is 0 Å². The fraction of sp³-hybridized carbons (Fsp3) is 0.800. The fourth-order valence-corrected chi connectivity index (χ4v) is 3.46. The van der Waals surface area contributed by atoms with Crippen molar-refractivity contribution in [1.82, 2.24) is 19.2 Å². The minimum atomic E-state index is -4.68. The van der Waals surface area contributed by atoms with Gasteiger partial charge >= 0.3 is 18.0 Å². The number of alkyl halides is 3. The molecular weight excluding hydrogens is 341 g/mol. The molecule has 10 heteroatoms. The fourth-order valence-electron chi connectivity index (χ4n) is 3.46. The summed E-state index contributed by atoms with van der Waals surface area (Å²) >= 11 is 0. The van der Waals surface area contributed by atoms with Crippen LogP contribution in [0.25, 0.3) is 0 Å². The van der Waals surface area contributed by atoms with Crippen LogP contribution < -0.4 is 5.69 Å². The maximum Gasteiger partial charge on any atom is 0.451 e. The van der Waals surface area contributed by atoms with Gasteiger partial charge in [0.1, 0.15) is 6.10 Å². The second-order valence-electron chi connectivity index (χ2n) is 6.62. The number of nitrogens with zero attached hydrogens (tertiary/aromatic N) is 4. The first kappa shape index (κ1) is 17.8. The van der Waals surface area contributed by atoms with Crippen molar-refractivity contribution in [3.05, 3.63) is 16.3 Å². The van der Waals surface area contributed by atoms with Gasteiger partial charge in [-0.2, -0.15) is 13.2 Å². The number of halogens is 3. The van der Waals surface area contributed by atoms with Gasteiger partial charge < -0.3 is 9.64 Å². The number of likely N-dealkylation sites (tertiary alicyclic amines) is 1. The van der Waals surface area contributed by atoms with E-state index in [0.29, 0.717) is 30.5 Å². The van der Waals surface area contributed by atoms with Crippen molar-refractivity contribution in [3.63, 3.8) is 0 Å². The van der Waals surface area contributed by atoms with E-state index < -0.39 is 23.7 Å². The first-order valence-corrected chi connectivity index (χ1v) is 8.45. The number of hydrogen-bond acceptors (Lipinski definition) is 4. The Morgan fingerprint density at radius 1 is 1.16 bits per heavy atom. The Balaban J connectivity index is 1.62. The molecule has 1 aliphatic carbocycles. The molecule has 2 fully saturated rings. The second-order valence-corrected chi connectivity index (χ2v) is 6.62. The molecular formula is C15H21F3N4O3. The highest BCUT2D eigenvalue weighted by atomic mass is 19.4. The summed E-state index contributed by atoms with van der Waals surface area (Å²) in [6.07, 6.45) is -0.466. The van der Waals surface area contributed by atoms with Gasteiger partial charge in [-0.1, -0.05) is 0 Å². The van der Waals surface area contributed by atoms with Crippen LogP contribution in [0, 0.1) is 0 Å². The molecule has 1 aromatic rings. The van der Waals surface area contributed by atoms with Crippen LogP contribution in [0.4, 0.5) is 18.0 Å². The molecule has 0 unspecified atom stereocenters. The summed E-state index contributed by atoms with van der Waals surface area (Å²) in [6, 6.07) is -0.453. The molecule has 7 nitrogen and oxygen atoms in total. The Bertz CT molecular complexity index is 683. The molecule has 25 heavy (non-hydrogen) atoms. The molecule has 0 spiro atoms. The molecule has 1 aliphatic heterocycles. The third kappa shape index (κ3) is 3.67. The predicted octanol–water partition coefficient (Wildman–Crippen LogP) is 2.32. The van der Waals surface area contributed by atoms with Crippen LogP contribution in [0.5, 0.6) is 0 Å². The molecule has 1 saturated carbocycles. The van der Waals surface area contributed by atoms with Crippen LogP contribution >= 0.6 is 0 Å². The predicted molar refractivity (Wildman–Crippen MR) is 81.1 cm³/mol. The van der Waals surface area contributed by atoms with Crippen molar-refractivity contribution < 1.29 is 22.7 Å². The number of piperidine rings is 1. The van der Waals surface area contributed by atoms with Gasteiger partial charge in [0, 0.05) is 20.1 Å². The van der Waals surface area contributed by atoms with Crippen LogP contribution in [0.15, 0.2) is 4.79 Å². The molecule has 0 aromatic carbocycles. The zero-order valence-corrected chi connectivity index (χ0v) is 14.0. The summed E-state index contributed by atoms with van der Waals surface area (Å²) < 4.78 is 45.4. The highest BCUT2D eigenvalue weighted by molar-refractivity contribution is 5.68. The smallest absolute Gasteiger partial charge is 0.446 e. The highest BCUT2D eigenvalue weighted by Crippen LogP contribution is 2.28. The molecule has 0 bridgehead atoms. The van der Waals surface area contributed by atoms with Gasteiger partial charge in [-0.15, -0.1) is 5.10 Å². The standard InChI is InChI=1S/C15H21F3N4O3/c1-20-12(15(16,17)18)19-22(13(20)23)10-6-8-21(9-7-10)14(24)25-11-4-2-3-5-11/h10-11H,2-9H2,1H3. The van der Waals surface area contributed by atoms with Gasteiger partial charge in [-0.3, -0.25) is 4.57 Å². The van der Waals surface area contributed by atoms with Crippen molar-refractivity contribution in [2.24, 2.45) is 7.05 Å². The second kappa shape index (κ2) is 6.72. The van der Waals surface area contributed by atoms with Gasteiger partial charge in [-0.05, 0) is 38.5 Å². The lowest BCUT2D eigenvalue weighted by Crippen LogP contribution is -2.42. The Morgan fingerprint density at radius 3 is 2.28 bits per heavy atom. The van der Waals surface area contributed by atoms with Crippen LogP contribution in [-0.2, 0) is 18.0 Å². The normalized spacial score (nSPS) is 20.2. The van der Waals surface area contributed by atoms with E-state index in [1.165, 1.54) is 0 Å². The van der Waals surface area contributed by atoms with Gasteiger partial charge in [0.25, 0.3) is 0 Å². The van der Waals surface area contributed by atoms with Crippen molar-refractivity contribution in [1.29, 1.82) is 0 Å². The molecule has 0 atom stereocenters. The van der Waals surface area contributed by atoms with Crippen LogP contribution in [-0.4, -0.2) is 44.5 Å². The van der Waals surface area contributed by atoms with Gasteiger partial charge in [-0.25, -0.2) is 14.3 Å². The van der Waals surface area contributed by atoms with E-state index in [-0.39, 0.29) is 12.2 Å². The highest BCUT2D eigenvalue weighted by Gasteiger charge is 2.39. The maximum absolute atomic E-state index is 12.9. The SMILES string of the molecule is Cn1c(C(F)(F)F)nn(C2CCN(C(=O)OC3CCCC3)CC2)c1=O. The molecule has 0 radical (unpaired) electrons. The molecule has 1 saturated heterocycles. The summed E-state index contributed by atoms with van der Waals surface area (Å²) in [5.41, 5.74) is -0.792. The number of carbonyl (C=O) groups is 1. The minimum absolute atomic E-state index is 0.0297. The number of aromatic nitrogens is 3. The lowest BCUT2D eigenvalue weighted by Gasteiger charge is -2.31. The zero-order chi connectivity index (χ0) is 18.2. The maximum atomic E-state index is 12.9. The minimum Gasteiger partial charge on any atom is -0.446 e. The lowest BCUT2D eigenvalue weighted by atomic mass is 10.1. The van der Waals surface area contributed by atoms with E-state index in [2.05, 4.69) is 5.10 Å². The van der Waals surface area contributed by atoms with E-state index in [1.807, 2.05) is 0 Å². The van der Waals surface area contributed by atoms with Crippen LogP contribution in [0.1, 0.15) is 50.4 Å². The average Bonchev–Trinajstić information content (AvgIpc) is 3.16. The van der Waals surface area contributed by atoms with Crippen molar-refractivity contribution in [2.45, 2.75) is 56.8 Å². The third-order valence-corrected chi connectivity index (χ3v) is 4.89. The molecule has 140 valence electrons. The lowest BCUT2D eigenvalue weighted by molar-refractivity contribution is -0.147. The summed E-state index contributed by atoms with van der Waals surface area (Å²) in [7, 11) is 1.06. The quantitative estimate of drug-likeness (QED) is 0.810. The number of hydrogen-bond donors (Lipinski definition) is 0. The summed E-state index contributed by atoms with van der Waals surface area (Å²) in [5.74, 6) is -1.21. The van der Waals surface area contributed by atoms with Gasteiger partial charge in [0.2, 0.25) is 5.82 Å². The first-order chi connectivity index (χ1) is 11.8. The third-order valence-electron chi connectivity index (χ3n) is 4.89. The number of rotatable bonds is 2.